The minimum atomic E-state index is -0.649. The second kappa shape index (κ2) is 6.47. The number of rotatable bonds is 3. The first-order chi connectivity index (χ1) is 9.77. The van der Waals surface area contributed by atoms with Crippen LogP contribution in [0.25, 0.3) is 0 Å². The van der Waals surface area contributed by atoms with Crippen LogP contribution in [0.5, 0.6) is 0 Å². The molecule has 1 saturated carbocycles. The zero-order chi connectivity index (χ0) is 15.6. The van der Waals surface area contributed by atoms with Crippen LogP contribution in [0.4, 0.5) is 0 Å². The Kier molecular flexibility index (Phi) is 5.07. The van der Waals surface area contributed by atoms with Crippen LogP contribution in [-0.2, 0) is 11.2 Å². The Morgan fingerprint density at radius 1 is 1.38 bits per heavy atom. The second-order valence-electron chi connectivity index (χ2n) is 7.25. The lowest BCUT2D eigenvalue weighted by Crippen LogP contribution is -2.36. The summed E-state index contributed by atoms with van der Waals surface area (Å²) in [4.78, 5) is 16.0. The standard InChI is InChI=1S/C17H24BrNO2/c1-17(2,3)12-4-7-15(16(20)21)11(8-12)9-14-6-5-13(18)10-19-14/h5-6,10-12,15H,4,7-9H2,1-3H3,(H,20,21). The summed E-state index contributed by atoms with van der Waals surface area (Å²) in [6, 6.07) is 3.96. The number of pyridine rings is 1. The number of aliphatic carboxylic acids is 1. The molecule has 116 valence electrons. The van der Waals surface area contributed by atoms with Gasteiger partial charge in [0.1, 0.15) is 0 Å². The van der Waals surface area contributed by atoms with Crippen molar-refractivity contribution >= 4 is 21.9 Å². The van der Waals surface area contributed by atoms with E-state index in [1.807, 2.05) is 12.1 Å². The highest BCUT2D eigenvalue weighted by Crippen LogP contribution is 2.43. The molecule has 0 bridgehead atoms. The van der Waals surface area contributed by atoms with Crippen molar-refractivity contribution in [3.8, 4) is 0 Å². The minimum absolute atomic E-state index is 0.189. The van der Waals surface area contributed by atoms with Gasteiger partial charge in [-0.3, -0.25) is 9.78 Å². The van der Waals surface area contributed by atoms with Gasteiger partial charge in [-0.2, -0.15) is 0 Å². The summed E-state index contributed by atoms with van der Waals surface area (Å²) in [5, 5.41) is 9.49. The van der Waals surface area contributed by atoms with Crippen molar-refractivity contribution in [3.05, 3.63) is 28.5 Å². The van der Waals surface area contributed by atoms with Crippen molar-refractivity contribution in [1.82, 2.24) is 4.98 Å². The molecule has 21 heavy (non-hydrogen) atoms. The van der Waals surface area contributed by atoms with Gasteiger partial charge in [-0.1, -0.05) is 20.8 Å². The summed E-state index contributed by atoms with van der Waals surface area (Å²) < 4.78 is 0.956. The largest absolute Gasteiger partial charge is 0.481 e. The second-order valence-corrected chi connectivity index (χ2v) is 8.17. The molecule has 1 aromatic heterocycles. The molecule has 0 saturated heterocycles. The smallest absolute Gasteiger partial charge is 0.306 e. The van der Waals surface area contributed by atoms with Crippen LogP contribution in [0.15, 0.2) is 22.8 Å². The average Bonchev–Trinajstić information content (AvgIpc) is 2.40. The van der Waals surface area contributed by atoms with Gasteiger partial charge >= 0.3 is 5.97 Å². The Balaban J connectivity index is 2.14. The van der Waals surface area contributed by atoms with Crippen LogP contribution < -0.4 is 0 Å². The molecule has 0 amide bonds. The van der Waals surface area contributed by atoms with Crippen LogP contribution in [0.1, 0.15) is 45.7 Å². The lowest BCUT2D eigenvalue weighted by atomic mass is 9.64. The molecule has 3 nitrogen and oxygen atoms in total. The van der Waals surface area contributed by atoms with Crippen molar-refractivity contribution in [2.24, 2.45) is 23.2 Å². The van der Waals surface area contributed by atoms with Crippen LogP contribution in [0.2, 0.25) is 0 Å². The van der Waals surface area contributed by atoms with E-state index < -0.39 is 5.97 Å². The number of carboxylic acids is 1. The molecule has 1 fully saturated rings. The Morgan fingerprint density at radius 2 is 2.10 bits per heavy atom. The van der Waals surface area contributed by atoms with Gasteiger partial charge < -0.3 is 5.11 Å². The van der Waals surface area contributed by atoms with E-state index in [-0.39, 0.29) is 17.3 Å². The van der Waals surface area contributed by atoms with Gasteiger partial charge in [-0.15, -0.1) is 0 Å². The summed E-state index contributed by atoms with van der Waals surface area (Å²) in [6.07, 6.45) is 5.34. The predicted octanol–water partition coefficient (Wildman–Crippen LogP) is 4.55. The van der Waals surface area contributed by atoms with Crippen LogP contribution in [0, 0.1) is 23.2 Å². The van der Waals surface area contributed by atoms with E-state index in [1.165, 1.54) is 0 Å². The monoisotopic (exact) mass is 353 g/mol. The van der Waals surface area contributed by atoms with Crippen molar-refractivity contribution in [3.63, 3.8) is 0 Å². The number of carbonyl (C=O) groups is 1. The van der Waals surface area contributed by atoms with Crippen LogP contribution >= 0.6 is 15.9 Å². The average molecular weight is 354 g/mol. The van der Waals surface area contributed by atoms with Crippen molar-refractivity contribution in [2.75, 3.05) is 0 Å². The fraction of sp³-hybridized carbons (Fsp3) is 0.647. The van der Waals surface area contributed by atoms with E-state index in [2.05, 4.69) is 41.7 Å². The van der Waals surface area contributed by atoms with E-state index in [1.54, 1.807) is 6.20 Å². The van der Waals surface area contributed by atoms with Crippen molar-refractivity contribution in [1.29, 1.82) is 0 Å². The maximum Gasteiger partial charge on any atom is 0.306 e. The third kappa shape index (κ3) is 4.29. The lowest BCUT2D eigenvalue weighted by molar-refractivity contribution is -0.146. The molecule has 1 aromatic rings. The van der Waals surface area contributed by atoms with Gasteiger partial charge in [-0.05, 0) is 71.0 Å². The number of hydrogen-bond acceptors (Lipinski definition) is 2. The SMILES string of the molecule is CC(C)(C)C1CCC(C(=O)O)C(Cc2ccc(Br)cn2)C1. The molecule has 3 unspecified atom stereocenters. The molecule has 1 heterocycles. The Labute approximate surface area is 135 Å². The molecule has 0 radical (unpaired) electrons. The number of carboxylic acid groups (broad SMARTS) is 1. The number of nitrogens with zero attached hydrogens (tertiary/aromatic N) is 1. The lowest BCUT2D eigenvalue weighted by Gasteiger charge is -2.40. The van der Waals surface area contributed by atoms with Gasteiger partial charge in [0, 0.05) is 16.4 Å². The van der Waals surface area contributed by atoms with E-state index in [4.69, 9.17) is 0 Å². The molecule has 1 N–H and O–H groups in total. The predicted molar refractivity (Wildman–Crippen MR) is 87.1 cm³/mol. The molecule has 1 aliphatic rings. The molecule has 0 spiro atoms. The number of hydrogen-bond donors (Lipinski definition) is 1. The molecular formula is C17H24BrNO2. The molecule has 2 rings (SSSR count). The molecule has 1 aliphatic carbocycles. The van der Waals surface area contributed by atoms with Crippen molar-refractivity contribution < 1.29 is 9.90 Å². The third-order valence-electron chi connectivity index (χ3n) is 4.78. The van der Waals surface area contributed by atoms with Gasteiger partial charge in [-0.25, -0.2) is 0 Å². The topological polar surface area (TPSA) is 50.2 Å². The highest BCUT2D eigenvalue weighted by molar-refractivity contribution is 9.10. The quantitative estimate of drug-likeness (QED) is 0.866. The maximum absolute atomic E-state index is 11.5. The first-order valence-corrected chi connectivity index (χ1v) is 8.40. The summed E-state index contributed by atoms with van der Waals surface area (Å²) >= 11 is 3.38. The highest BCUT2D eigenvalue weighted by Gasteiger charge is 2.39. The molecule has 3 atom stereocenters. The summed E-state index contributed by atoms with van der Waals surface area (Å²) in [7, 11) is 0. The molecule has 0 aromatic carbocycles. The third-order valence-corrected chi connectivity index (χ3v) is 5.25. The Hall–Kier alpha value is -0.900. The number of aromatic nitrogens is 1. The van der Waals surface area contributed by atoms with Gasteiger partial charge in [0.05, 0.1) is 5.92 Å². The summed E-state index contributed by atoms with van der Waals surface area (Å²) in [6.45, 7) is 6.77. The molecule has 0 aliphatic heterocycles. The fourth-order valence-electron chi connectivity index (χ4n) is 3.40. The van der Waals surface area contributed by atoms with Gasteiger partial charge in [0.2, 0.25) is 0 Å². The summed E-state index contributed by atoms with van der Waals surface area (Å²) in [5.74, 6) is -0.0961. The maximum atomic E-state index is 11.5. The van der Waals surface area contributed by atoms with E-state index in [0.717, 1.165) is 35.8 Å². The summed E-state index contributed by atoms with van der Waals surface area (Å²) in [5.41, 5.74) is 1.23. The number of halogens is 1. The Morgan fingerprint density at radius 3 is 2.62 bits per heavy atom. The first-order valence-electron chi connectivity index (χ1n) is 7.60. The zero-order valence-electron chi connectivity index (χ0n) is 13.0. The van der Waals surface area contributed by atoms with Gasteiger partial charge in [0.25, 0.3) is 0 Å². The first kappa shape index (κ1) is 16.5. The fourth-order valence-corrected chi connectivity index (χ4v) is 3.63. The normalized spacial score (nSPS) is 26.6. The van der Waals surface area contributed by atoms with E-state index in [9.17, 15) is 9.90 Å². The van der Waals surface area contributed by atoms with E-state index >= 15 is 0 Å². The zero-order valence-corrected chi connectivity index (χ0v) is 14.6. The van der Waals surface area contributed by atoms with Gasteiger partial charge in [0.15, 0.2) is 0 Å². The Bertz CT molecular complexity index is 493. The van der Waals surface area contributed by atoms with E-state index in [0.29, 0.717) is 5.92 Å². The van der Waals surface area contributed by atoms with Crippen molar-refractivity contribution in [2.45, 2.75) is 46.5 Å². The molecular weight excluding hydrogens is 330 g/mol. The molecule has 4 heteroatoms. The van der Waals surface area contributed by atoms with Crippen LogP contribution in [0.3, 0.4) is 0 Å². The minimum Gasteiger partial charge on any atom is -0.481 e. The highest BCUT2D eigenvalue weighted by atomic mass is 79.9. The van der Waals surface area contributed by atoms with Crippen LogP contribution in [-0.4, -0.2) is 16.1 Å².